The molecular formula is C20H18N2O3S3. The van der Waals surface area contributed by atoms with Gasteiger partial charge in [-0.25, -0.2) is 0 Å². The van der Waals surface area contributed by atoms with E-state index in [1.54, 1.807) is 30.9 Å². The van der Waals surface area contributed by atoms with Crippen LogP contribution in [0, 0.1) is 0 Å². The van der Waals surface area contributed by atoms with Crippen molar-refractivity contribution in [2.24, 2.45) is 0 Å². The van der Waals surface area contributed by atoms with Gasteiger partial charge >= 0.3 is 0 Å². The number of fused-ring (bicyclic) bond motifs is 1. The van der Waals surface area contributed by atoms with Gasteiger partial charge in [0.2, 0.25) is 0 Å². The maximum atomic E-state index is 13.3. The zero-order valence-electron chi connectivity index (χ0n) is 15.6. The number of thioether (sulfide) groups is 2. The van der Waals surface area contributed by atoms with Crippen molar-refractivity contribution in [3.05, 3.63) is 52.4 Å². The number of ether oxygens (including phenoxy) is 2. The van der Waals surface area contributed by atoms with E-state index in [-0.39, 0.29) is 5.91 Å². The molecule has 0 bridgehead atoms. The molecule has 0 atom stereocenters. The number of hydrogen-bond acceptors (Lipinski definition) is 7. The van der Waals surface area contributed by atoms with E-state index in [4.69, 9.17) is 21.7 Å². The highest BCUT2D eigenvalue weighted by Crippen LogP contribution is 2.51. The van der Waals surface area contributed by atoms with Crippen LogP contribution in [0.15, 0.2) is 57.3 Å². The number of hydrogen-bond donors (Lipinski definition) is 0. The van der Waals surface area contributed by atoms with Crippen molar-refractivity contribution < 1.29 is 14.3 Å². The maximum Gasteiger partial charge on any atom is 0.273 e. The van der Waals surface area contributed by atoms with Gasteiger partial charge in [-0.15, -0.1) is 0 Å². The van der Waals surface area contributed by atoms with Crippen LogP contribution < -0.4 is 19.3 Å². The SMILES string of the molecule is CCN1C(=C2SC(=S)N(c3ccc(OC)cc3)C2=O)Sc2ccc(OC)cc21. The van der Waals surface area contributed by atoms with E-state index in [9.17, 15) is 4.79 Å². The summed E-state index contributed by atoms with van der Waals surface area (Å²) in [6, 6.07) is 13.3. The molecule has 0 aliphatic carbocycles. The van der Waals surface area contributed by atoms with Crippen molar-refractivity contribution in [2.75, 3.05) is 30.6 Å². The highest BCUT2D eigenvalue weighted by atomic mass is 32.2. The Morgan fingerprint density at radius 1 is 1.00 bits per heavy atom. The summed E-state index contributed by atoms with van der Waals surface area (Å²) in [5.74, 6) is 1.44. The molecule has 0 aromatic heterocycles. The molecule has 0 saturated carbocycles. The van der Waals surface area contributed by atoms with Crippen LogP contribution in [0.5, 0.6) is 11.5 Å². The Hall–Kier alpha value is -2.16. The van der Waals surface area contributed by atoms with E-state index < -0.39 is 0 Å². The number of amides is 1. The Bertz CT molecular complexity index is 989. The Morgan fingerprint density at radius 2 is 1.68 bits per heavy atom. The number of anilines is 2. The first-order chi connectivity index (χ1) is 13.6. The summed E-state index contributed by atoms with van der Waals surface area (Å²) in [4.78, 5) is 18.7. The van der Waals surface area contributed by atoms with Crippen molar-refractivity contribution in [3.63, 3.8) is 0 Å². The first-order valence-corrected chi connectivity index (χ1v) is 10.7. The Morgan fingerprint density at radius 3 is 2.32 bits per heavy atom. The number of carbonyl (C=O) groups is 1. The number of methoxy groups -OCH3 is 2. The maximum absolute atomic E-state index is 13.3. The van der Waals surface area contributed by atoms with Gasteiger partial charge in [0.1, 0.15) is 21.4 Å². The minimum atomic E-state index is -0.0964. The fourth-order valence-corrected chi connectivity index (χ4v) is 5.78. The first kappa shape index (κ1) is 19.2. The summed E-state index contributed by atoms with van der Waals surface area (Å²) >= 11 is 8.47. The predicted octanol–water partition coefficient (Wildman–Crippen LogP) is 4.87. The molecule has 2 heterocycles. The van der Waals surface area contributed by atoms with E-state index >= 15 is 0 Å². The molecule has 5 nitrogen and oxygen atoms in total. The molecule has 1 saturated heterocycles. The Balaban J connectivity index is 1.71. The van der Waals surface area contributed by atoms with Crippen LogP contribution in [-0.4, -0.2) is 31.0 Å². The average Bonchev–Trinajstić information content (AvgIpc) is 3.23. The topological polar surface area (TPSA) is 42.0 Å². The third-order valence-corrected chi connectivity index (χ3v) is 7.19. The quantitative estimate of drug-likeness (QED) is 0.506. The molecule has 2 aliphatic heterocycles. The second kappa shape index (κ2) is 7.69. The molecule has 2 aromatic rings. The summed E-state index contributed by atoms with van der Waals surface area (Å²) in [7, 11) is 3.27. The molecule has 1 fully saturated rings. The summed E-state index contributed by atoms with van der Waals surface area (Å²) in [6.07, 6.45) is 0. The Kier molecular flexibility index (Phi) is 5.27. The number of benzene rings is 2. The van der Waals surface area contributed by atoms with Gasteiger partial charge in [0, 0.05) is 17.5 Å². The van der Waals surface area contributed by atoms with Gasteiger partial charge in [-0.1, -0.05) is 35.7 Å². The van der Waals surface area contributed by atoms with Crippen LogP contribution in [0.4, 0.5) is 11.4 Å². The molecular weight excluding hydrogens is 412 g/mol. The smallest absolute Gasteiger partial charge is 0.273 e. The summed E-state index contributed by atoms with van der Waals surface area (Å²) in [6.45, 7) is 2.81. The van der Waals surface area contributed by atoms with Crippen LogP contribution in [0.2, 0.25) is 0 Å². The fourth-order valence-electron chi connectivity index (χ4n) is 3.12. The number of nitrogens with zero attached hydrogens (tertiary/aromatic N) is 2. The van der Waals surface area contributed by atoms with Crippen molar-refractivity contribution in [1.82, 2.24) is 0 Å². The molecule has 2 aromatic carbocycles. The van der Waals surface area contributed by atoms with Crippen molar-refractivity contribution in [3.8, 4) is 11.5 Å². The van der Waals surface area contributed by atoms with Crippen LogP contribution in [0.1, 0.15) is 6.92 Å². The summed E-state index contributed by atoms with van der Waals surface area (Å²) in [5.41, 5.74) is 1.79. The molecule has 0 unspecified atom stereocenters. The number of thiocarbonyl (C=S) groups is 1. The van der Waals surface area contributed by atoms with Gasteiger partial charge in [0.25, 0.3) is 5.91 Å². The Labute approximate surface area is 177 Å². The lowest BCUT2D eigenvalue weighted by Gasteiger charge is -2.19. The lowest BCUT2D eigenvalue weighted by Crippen LogP contribution is -2.28. The molecule has 0 spiro atoms. The second-order valence-electron chi connectivity index (χ2n) is 6.02. The van der Waals surface area contributed by atoms with Crippen LogP contribution in [0.25, 0.3) is 0 Å². The number of carbonyl (C=O) groups excluding carboxylic acids is 1. The van der Waals surface area contributed by atoms with E-state index in [2.05, 4.69) is 11.8 Å². The standard InChI is InChI=1S/C20H18N2O3S3/c1-4-21-15-11-14(25-3)9-10-16(15)27-19(21)17-18(23)22(20(26)28-17)12-5-7-13(24-2)8-6-12/h5-11H,4H2,1-3H3. The van der Waals surface area contributed by atoms with Gasteiger partial charge in [0.05, 0.1) is 25.6 Å². The van der Waals surface area contributed by atoms with E-state index in [0.29, 0.717) is 9.23 Å². The molecule has 8 heteroatoms. The zero-order chi connectivity index (χ0) is 19.8. The molecule has 4 rings (SSSR count). The average molecular weight is 431 g/mol. The highest BCUT2D eigenvalue weighted by molar-refractivity contribution is 8.27. The lowest BCUT2D eigenvalue weighted by molar-refractivity contribution is -0.113. The van der Waals surface area contributed by atoms with E-state index in [0.717, 1.165) is 39.3 Å². The third-order valence-electron chi connectivity index (χ3n) is 4.52. The minimum Gasteiger partial charge on any atom is -0.497 e. The fraction of sp³-hybridized carbons (Fsp3) is 0.200. The lowest BCUT2D eigenvalue weighted by atomic mass is 10.2. The molecule has 1 amide bonds. The van der Waals surface area contributed by atoms with E-state index in [1.165, 1.54) is 11.8 Å². The van der Waals surface area contributed by atoms with E-state index in [1.807, 2.05) is 42.5 Å². The number of rotatable bonds is 4. The van der Waals surface area contributed by atoms with Crippen LogP contribution in [-0.2, 0) is 4.79 Å². The largest absolute Gasteiger partial charge is 0.497 e. The monoisotopic (exact) mass is 430 g/mol. The summed E-state index contributed by atoms with van der Waals surface area (Å²) in [5, 5.41) is 0.916. The molecule has 0 N–H and O–H groups in total. The molecule has 28 heavy (non-hydrogen) atoms. The van der Waals surface area contributed by atoms with Crippen molar-refractivity contribution in [2.45, 2.75) is 11.8 Å². The molecule has 0 radical (unpaired) electrons. The van der Waals surface area contributed by atoms with Crippen molar-refractivity contribution >= 4 is 57.3 Å². The molecule has 2 aliphatic rings. The van der Waals surface area contributed by atoms with Crippen LogP contribution in [0.3, 0.4) is 0 Å². The molecule has 144 valence electrons. The van der Waals surface area contributed by atoms with Gasteiger partial charge in [-0.2, -0.15) is 0 Å². The minimum absolute atomic E-state index is 0.0964. The summed E-state index contributed by atoms with van der Waals surface area (Å²) < 4.78 is 11.1. The van der Waals surface area contributed by atoms with Crippen LogP contribution >= 0.6 is 35.7 Å². The van der Waals surface area contributed by atoms with Crippen molar-refractivity contribution in [1.29, 1.82) is 0 Å². The highest BCUT2D eigenvalue weighted by Gasteiger charge is 2.39. The third kappa shape index (κ3) is 3.15. The second-order valence-corrected chi connectivity index (χ2v) is 8.70. The zero-order valence-corrected chi connectivity index (χ0v) is 18.0. The van der Waals surface area contributed by atoms with Gasteiger partial charge in [-0.05, 0) is 43.3 Å². The van der Waals surface area contributed by atoms with Gasteiger partial charge in [0.15, 0.2) is 4.32 Å². The van der Waals surface area contributed by atoms with Gasteiger partial charge < -0.3 is 14.4 Å². The van der Waals surface area contributed by atoms with Gasteiger partial charge in [-0.3, -0.25) is 9.69 Å². The first-order valence-electron chi connectivity index (χ1n) is 8.65. The predicted molar refractivity (Wildman–Crippen MR) is 120 cm³/mol. The normalized spacial score (nSPS) is 18.7.